The smallest absolute Gasteiger partial charge is 0.222 e. The maximum atomic E-state index is 12.2. The fraction of sp³-hybridized carbons (Fsp3) is 0.765. The summed E-state index contributed by atoms with van der Waals surface area (Å²) in [7, 11) is 0. The van der Waals surface area contributed by atoms with E-state index in [1.807, 2.05) is 18.5 Å². The van der Waals surface area contributed by atoms with Crippen molar-refractivity contribution in [3.8, 4) is 0 Å². The van der Waals surface area contributed by atoms with E-state index in [9.17, 15) is 4.79 Å². The third-order valence-corrected chi connectivity index (χ3v) is 5.48. The summed E-state index contributed by atoms with van der Waals surface area (Å²) in [5.74, 6) is 2.68. The van der Waals surface area contributed by atoms with Crippen LogP contribution in [0.5, 0.6) is 0 Å². The van der Waals surface area contributed by atoms with E-state index in [4.69, 9.17) is 0 Å². The second-order valence-electron chi connectivity index (χ2n) is 7.10. The second kappa shape index (κ2) is 5.82. The zero-order valence-electron chi connectivity index (χ0n) is 13.4. The van der Waals surface area contributed by atoms with Crippen molar-refractivity contribution in [3.63, 3.8) is 0 Å². The fourth-order valence-corrected chi connectivity index (χ4v) is 4.45. The number of hydrogen-bond acceptors (Lipinski definition) is 2. The lowest BCUT2D eigenvalue weighted by atomic mass is 9.84. The van der Waals surface area contributed by atoms with Crippen molar-refractivity contribution in [2.24, 2.45) is 17.8 Å². The zero-order valence-corrected chi connectivity index (χ0v) is 13.4. The Morgan fingerprint density at radius 1 is 1.43 bits per heavy atom. The Balaban J connectivity index is 1.47. The van der Waals surface area contributed by atoms with Crippen LogP contribution in [0.25, 0.3) is 0 Å². The highest BCUT2D eigenvalue weighted by atomic mass is 16.1. The van der Waals surface area contributed by atoms with Crippen LogP contribution in [0.2, 0.25) is 0 Å². The molecule has 3 rings (SSSR count). The quantitative estimate of drug-likeness (QED) is 0.906. The van der Waals surface area contributed by atoms with Gasteiger partial charge in [-0.05, 0) is 63.9 Å². The molecule has 2 aliphatic rings. The molecule has 1 aromatic rings. The molecule has 0 aromatic carbocycles. The number of aryl methyl sites for hydroxylation is 3. The Kier molecular flexibility index (Phi) is 4.05. The predicted octanol–water partition coefficient (Wildman–Crippen LogP) is 2.83. The summed E-state index contributed by atoms with van der Waals surface area (Å²) in [5, 5.41) is 7.63. The van der Waals surface area contributed by atoms with Gasteiger partial charge in [0.25, 0.3) is 0 Å². The first-order chi connectivity index (χ1) is 10.0. The Morgan fingerprint density at radius 2 is 2.24 bits per heavy atom. The van der Waals surface area contributed by atoms with E-state index < -0.39 is 0 Å². The van der Waals surface area contributed by atoms with E-state index in [-0.39, 0.29) is 5.91 Å². The lowest BCUT2D eigenvalue weighted by Gasteiger charge is -2.28. The van der Waals surface area contributed by atoms with Crippen LogP contribution in [-0.2, 0) is 11.3 Å². The second-order valence-corrected chi connectivity index (χ2v) is 7.10. The number of carbonyl (C=O) groups is 1. The summed E-state index contributed by atoms with van der Waals surface area (Å²) in [5.41, 5.74) is 2.14. The van der Waals surface area contributed by atoms with Gasteiger partial charge in [0.1, 0.15) is 0 Å². The number of nitrogens with one attached hydrogen (secondary N) is 1. The van der Waals surface area contributed by atoms with E-state index >= 15 is 0 Å². The number of nitrogens with zero attached hydrogens (tertiary/aromatic N) is 2. The normalized spacial score (nSPS) is 28.8. The molecule has 116 valence electrons. The van der Waals surface area contributed by atoms with Crippen molar-refractivity contribution in [2.75, 3.05) is 0 Å². The highest BCUT2D eigenvalue weighted by Crippen LogP contribution is 2.49. The average molecular weight is 289 g/mol. The fourth-order valence-electron chi connectivity index (χ4n) is 4.45. The van der Waals surface area contributed by atoms with Crippen LogP contribution in [0.4, 0.5) is 0 Å². The lowest BCUT2D eigenvalue weighted by Crippen LogP contribution is -2.40. The standard InChI is InChI=1S/C17H27N3O/c1-11-8-12(2)20(19-11)7-6-17(21)18-13(3)16-10-14-4-5-15(16)9-14/h8,13-16H,4-7,9-10H2,1-3H3,(H,18,21)/t13-,14+,15+,16+/m0/s1. The molecule has 0 unspecified atom stereocenters. The highest BCUT2D eigenvalue weighted by molar-refractivity contribution is 5.76. The van der Waals surface area contributed by atoms with Gasteiger partial charge in [0.2, 0.25) is 5.91 Å². The van der Waals surface area contributed by atoms with Gasteiger partial charge >= 0.3 is 0 Å². The van der Waals surface area contributed by atoms with Crippen molar-refractivity contribution < 1.29 is 4.79 Å². The predicted molar refractivity (Wildman–Crippen MR) is 82.9 cm³/mol. The summed E-state index contributed by atoms with van der Waals surface area (Å²) in [6, 6.07) is 2.38. The topological polar surface area (TPSA) is 46.9 Å². The number of carbonyl (C=O) groups excluding carboxylic acids is 1. The first kappa shape index (κ1) is 14.6. The third kappa shape index (κ3) is 3.14. The van der Waals surface area contributed by atoms with E-state index in [0.29, 0.717) is 24.9 Å². The Labute approximate surface area is 127 Å². The van der Waals surface area contributed by atoms with Crippen molar-refractivity contribution >= 4 is 5.91 Å². The van der Waals surface area contributed by atoms with Gasteiger partial charge in [-0.2, -0.15) is 5.10 Å². The number of aromatic nitrogens is 2. The van der Waals surface area contributed by atoms with Gasteiger partial charge in [-0.3, -0.25) is 9.48 Å². The molecule has 4 atom stereocenters. The molecule has 0 spiro atoms. The van der Waals surface area contributed by atoms with E-state index in [1.165, 1.54) is 25.7 Å². The largest absolute Gasteiger partial charge is 0.353 e. The van der Waals surface area contributed by atoms with Gasteiger partial charge in [0.15, 0.2) is 0 Å². The molecule has 2 bridgehead atoms. The molecule has 4 heteroatoms. The minimum atomic E-state index is 0.165. The SMILES string of the molecule is Cc1cc(C)n(CCC(=O)N[C@@H](C)[C@H]2C[C@@H]3CC[C@@H]2C3)n1. The summed E-state index contributed by atoms with van der Waals surface area (Å²) in [6.07, 6.45) is 6.04. The first-order valence-electron chi connectivity index (χ1n) is 8.33. The van der Waals surface area contributed by atoms with Gasteiger partial charge < -0.3 is 5.32 Å². The van der Waals surface area contributed by atoms with Gasteiger partial charge in [-0.25, -0.2) is 0 Å². The molecule has 2 aliphatic carbocycles. The van der Waals surface area contributed by atoms with Gasteiger partial charge in [0, 0.05) is 24.7 Å². The maximum Gasteiger partial charge on any atom is 0.222 e. The average Bonchev–Trinajstić information content (AvgIpc) is 3.12. The molecule has 1 N–H and O–H groups in total. The number of rotatable bonds is 5. The molecule has 1 heterocycles. The number of amides is 1. The van der Waals surface area contributed by atoms with Crippen LogP contribution in [0.3, 0.4) is 0 Å². The molecular formula is C17H27N3O. The summed E-state index contributed by atoms with van der Waals surface area (Å²) in [6.45, 7) is 6.89. The summed E-state index contributed by atoms with van der Waals surface area (Å²) >= 11 is 0. The van der Waals surface area contributed by atoms with Crippen molar-refractivity contribution in [2.45, 2.75) is 65.5 Å². The van der Waals surface area contributed by atoms with Crippen molar-refractivity contribution in [3.05, 3.63) is 17.5 Å². The van der Waals surface area contributed by atoms with Crippen LogP contribution >= 0.6 is 0 Å². The zero-order chi connectivity index (χ0) is 15.0. The molecule has 0 radical (unpaired) electrons. The van der Waals surface area contributed by atoms with E-state index in [2.05, 4.69) is 23.4 Å². The Hall–Kier alpha value is -1.32. The summed E-state index contributed by atoms with van der Waals surface area (Å²) < 4.78 is 1.93. The molecule has 4 nitrogen and oxygen atoms in total. The molecule has 0 saturated heterocycles. The van der Waals surface area contributed by atoms with Crippen LogP contribution in [-0.4, -0.2) is 21.7 Å². The van der Waals surface area contributed by atoms with Crippen LogP contribution in [0.15, 0.2) is 6.07 Å². The monoisotopic (exact) mass is 289 g/mol. The molecule has 0 aliphatic heterocycles. The third-order valence-electron chi connectivity index (χ3n) is 5.48. The molecule has 2 fully saturated rings. The minimum absolute atomic E-state index is 0.165. The summed E-state index contributed by atoms with van der Waals surface area (Å²) in [4.78, 5) is 12.2. The van der Waals surface area contributed by atoms with E-state index in [0.717, 1.165) is 23.2 Å². The molecular weight excluding hydrogens is 262 g/mol. The van der Waals surface area contributed by atoms with Gasteiger partial charge in [-0.1, -0.05) is 6.42 Å². The minimum Gasteiger partial charge on any atom is -0.353 e. The number of hydrogen-bond donors (Lipinski definition) is 1. The van der Waals surface area contributed by atoms with Crippen LogP contribution in [0, 0.1) is 31.6 Å². The molecule has 1 aromatic heterocycles. The van der Waals surface area contributed by atoms with Gasteiger partial charge in [-0.15, -0.1) is 0 Å². The lowest BCUT2D eigenvalue weighted by molar-refractivity contribution is -0.122. The highest BCUT2D eigenvalue weighted by Gasteiger charge is 2.42. The number of fused-ring (bicyclic) bond motifs is 2. The molecule has 1 amide bonds. The van der Waals surface area contributed by atoms with Crippen LogP contribution in [0.1, 0.15) is 50.4 Å². The Morgan fingerprint density at radius 3 is 2.81 bits per heavy atom. The van der Waals surface area contributed by atoms with Crippen molar-refractivity contribution in [1.29, 1.82) is 0 Å². The van der Waals surface area contributed by atoms with Crippen LogP contribution < -0.4 is 5.32 Å². The Bertz CT molecular complexity index is 522. The molecule has 21 heavy (non-hydrogen) atoms. The molecule has 2 saturated carbocycles. The first-order valence-corrected chi connectivity index (χ1v) is 8.33. The van der Waals surface area contributed by atoms with E-state index in [1.54, 1.807) is 0 Å². The van der Waals surface area contributed by atoms with Gasteiger partial charge in [0.05, 0.1) is 5.69 Å². The van der Waals surface area contributed by atoms with Crippen molar-refractivity contribution in [1.82, 2.24) is 15.1 Å². The maximum absolute atomic E-state index is 12.2.